The second-order valence-electron chi connectivity index (χ2n) is 4.48. The topological polar surface area (TPSA) is 29.5 Å². The highest BCUT2D eigenvalue weighted by Crippen LogP contribution is 2.10. The number of aryl methyl sites for hydroxylation is 1. The van der Waals surface area contributed by atoms with E-state index in [0.29, 0.717) is 32.7 Å². The number of rotatable bonds is 4. The predicted molar refractivity (Wildman–Crippen MR) is 71.4 cm³/mol. The Morgan fingerprint density at radius 3 is 2.63 bits per heavy atom. The molecule has 1 aromatic rings. The summed E-state index contributed by atoms with van der Waals surface area (Å²) in [4.78, 5) is 13.3. The van der Waals surface area contributed by atoms with Crippen molar-refractivity contribution < 1.29 is 13.9 Å². The third kappa shape index (κ3) is 4.17. The van der Waals surface area contributed by atoms with Crippen molar-refractivity contribution in [3.63, 3.8) is 0 Å². The molecule has 1 aromatic carbocycles. The molecule has 3 nitrogen and oxygen atoms in total. The Labute approximate surface area is 112 Å². The molecule has 4 heteroatoms. The maximum atomic E-state index is 13.7. The van der Waals surface area contributed by atoms with E-state index in [0.717, 1.165) is 12.0 Å². The summed E-state index contributed by atoms with van der Waals surface area (Å²) in [6.07, 6.45) is 2.65. The number of allylic oxidation sites excluding steroid dienone is 1. The summed E-state index contributed by atoms with van der Waals surface area (Å²) in [5, 5.41) is 0. The lowest BCUT2D eigenvalue weighted by molar-refractivity contribution is -0.132. The van der Waals surface area contributed by atoms with Crippen molar-refractivity contribution in [2.45, 2.75) is 12.8 Å². The smallest absolute Gasteiger partial charge is 0.282 e. The van der Waals surface area contributed by atoms with Gasteiger partial charge in [0.25, 0.3) is 5.91 Å². The van der Waals surface area contributed by atoms with Gasteiger partial charge in [-0.2, -0.15) is 0 Å². The van der Waals surface area contributed by atoms with Gasteiger partial charge in [-0.15, -0.1) is 0 Å². The lowest BCUT2D eigenvalue weighted by Gasteiger charge is -2.26. The largest absolute Gasteiger partial charge is 0.378 e. The van der Waals surface area contributed by atoms with E-state index >= 15 is 0 Å². The second kappa shape index (κ2) is 7.04. The van der Waals surface area contributed by atoms with E-state index in [1.807, 2.05) is 30.3 Å². The minimum Gasteiger partial charge on any atom is -0.378 e. The predicted octanol–water partition coefficient (Wildman–Crippen LogP) is 2.33. The van der Waals surface area contributed by atoms with Crippen LogP contribution in [0.3, 0.4) is 0 Å². The Morgan fingerprint density at radius 1 is 1.26 bits per heavy atom. The molecule has 0 bridgehead atoms. The molecule has 1 fully saturated rings. The zero-order valence-corrected chi connectivity index (χ0v) is 10.8. The molecular formula is C15H18FNO2. The highest BCUT2D eigenvalue weighted by atomic mass is 19.1. The van der Waals surface area contributed by atoms with Gasteiger partial charge in [-0.3, -0.25) is 4.79 Å². The molecule has 0 aliphatic carbocycles. The summed E-state index contributed by atoms with van der Waals surface area (Å²) in [7, 11) is 0. The number of amides is 1. The van der Waals surface area contributed by atoms with Crippen LogP contribution in [-0.4, -0.2) is 37.1 Å². The number of nitrogens with zero attached hydrogens (tertiary/aromatic N) is 1. The first kappa shape index (κ1) is 13.7. The zero-order valence-electron chi connectivity index (χ0n) is 10.8. The molecule has 2 rings (SSSR count). The van der Waals surface area contributed by atoms with Crippen LogP contribution in [0.15, 0.2) is 42.2 Å². The lowest BCUT2D eigenvalue weighted by Crippen LogP contribution is -2.40. The van der Waals surface area contributed by atoms with Crippen LogP contribution in [0.4, 0.5) is 4.39 Å². The normalized spacial score (nSPS) is 16.5. The Bertz CT molecular complexity index is 439. The minimum absolute atomic E-state index is 0.471. The molecule has 0 aromatic heterocycles. The average molecular weight is 263 g/mol. The Morgan fingerprint density at radius 2 is 1.95 bits per heavy atom. The fourth-order valence-electron chi connectivity index (χ4n) is 2.02. The molecule has 0 atom stereocenters. The van der Waals surface area contributed by atoms with E-state index in [9.17, 15) is 9.18 Å². The first-order chi connectivity index (χ1) is 9.27. The van der Waals surface area contributed by atoms with Crippen molar-refractivity contribution in [1.82, 2.24) is 4.90 Å². The standard InChI is InChI=1S/C15H18FNO2/c16-14(15(18)17-9-11-19-12-10-17)8-4-7-13-5-2-1-3-6-13/h1-3,5-6,8H,4,7,9-12H2/b14-8-. The quantitative estimate of drug-likeness (QED) is 0.780. The van der Waals surface area contributed by atoms with Crippen LogP contribution in [0.1, 0.15) is 12.0 Å². The van der Waals surface area contributed by atoms with Gasteiger partial charge in [0.2, 0.25) is 0 Å². The molecular weight excluding hydrogens is 245 g/mol. The number of benzene rings is 1. The van der Waals surface area contributed by atoms with Gasteiger partial charge in [0, 0.05) is 13.1 Å². The van der Waals surface area contributed by atoms with E-state index in [4.69, 9.17) is 4.74 Å². The molecule has 1 heterocycles. The van der Waals surface area contributed by atoms with Gasteiger partial charge in [0.15, 0.2) is 5.83 Å². The summed E-state index contributed by atoms with van der Waals surface area (Å²) >= 11 is 0. The Hall–Kier alpha value is -1.68. The van der Waals surface area contributed by atoms with Gasteiger partial charge >= 0.3 is 0 Å². The first-order valence-corrected chi connectivity index (χ1v) is 6.54. The number of hydrogen-bond acceptors (Lipinski definition) is 2. The van der Waals surface area contributed by atoms with E-state index in [2.05, 4.69) is 0 Å². The highest BCUT2D eigenvalue weighted by Gasteiger charge is 2.20. The van der Waals surface area contributed by atoms with Crippen molar-refractivity contribution in [3.05, 3.63) is 47.8 Å². The third-order valence-corrected chi connectivity index (χ3v) is 3.10. The maximum Gasteiger partial charge on any atom is 0.282 e. The Kier molecular flexibility index (Phi) is 5.10. The molecule has 1 aliphatic rings. The average Bonchev–Trinajstić information content (AvgIpc) is 2.48. The number of ether oxygens (including phenoxy) is 1. The van der Waals surface area contributed by atoms with Gasteiger partial charge in [0.05, 0.1) is 13.2 Å². The van der Waals surface area contributed by atoms with E-state index in [1.54, 1.807) is 0 Å². The van der Waals surface area contributed by atoms with Gasteiger partial charge in [-0.1, -0.05) is 30.3 Å². The molecule has 0 N–H and O–H groups in total. The molecule has 0 saturated carbocycles. The molecule has 1 saturated heterocycles. The van der Waals surface area contributed by atoms with Gasteiger partial charge in [-0.25, -0.2) is 4.39 Å². The third-order valence-electron chi connectivity index (χ3n) is 3.10. The van der Waals surface area contributed by atoms with Crippen molar-refractivity contribution in [3.8, 4) is 0 Å². The molecule has 0 spiro atoms. The van der Waals surface area contributed by atoms with Gasteiger partial charge < -0.3 is 9.64 Å². The van der Waals surface area contributed by atoms with Crippen LogP contribution in [-0.2, 0) is 16.0 Å². The van der Waals surface area contributed by atoms with Gasteiger partial charge in [-0.05, 0) is 24.5 Å². The first-order valence-electron chi connectivity index (χ1n) is 6.54. The zero-order chi connectivity index (χ0) is 13.5. The van der Waals surface area contributed by atoms with Crippen molar-refractivity contribution in [2.75, 3.05) is 26.3 Å². The van der Waals surface area contributed by atoms with Gasteiger partial charge in [0.1, 0.15) is 0 Å². The molecule has 0 radical (unpaired) electrons. The number of carbonyl (C=O) groups excluding carboxylic acids is 1. The van der Waals surface area contributed by atoms with E-state index in [1.165, 1.54) is 11.0 Å². The van der Waals surface area contributed by atoms with E-state index < -0.39 is 11.7 Å². The Balaban J connectivity index is 1.83. The number of hydrogen-bond donors (Lipinski definition) is 0. The van der Waals surface area contributed by atoms with Crippen LogP contribution < -0.4 is 0 Å². The molecule has 19 heavy (non-hydrogen) atoms. The minimum atomic E-state index is -0.655. The number of morpholine rings is 1. The summed E-state index contributed by atoms with van der Waals surface area (Å²) < 4.78 is 18.8. The fourth-order valence-corrected chi connectivity index (χ4v) is 2.02. The van der Waals surface area contributed by atoms with Crippen molar-refractivity contribution in [1.29, 1.82) is 0 Å². The molecule has 0 unspecified atom stereocenters. The SMILES string of the molecule is O=C(/C(F)=C/CCc1ccccc1)N1CCOCC1. The van der Waals surface area contributed by atoms with Crippen molar-refractivity contribution >= 4 is 5.91 Å². The summed E-state index contributed by atoms with van der Waals surface area (Å²) in [5.41, 5.74) is 1.14. The molecule has 102 valence electrons. The molecule has 1 aliphatic heterocycles. The fraction of sp³-hybridized carbons (Fsp3) is 0.400. The van der Waals surface area contributed by atoms with Crippen LogP contribution >= 0.6 is 0 Å². The summed E-state index contributed by atoms with van der Waals surface area (Å²) in [5.74, 6) is -1.17. The van der Waals surface area contributed by atoms with Crippen LogP contribution in [0, 0.1) is 0 Å². The van der Waals surface area contributed by atoms with Crippen LogP contribution in [0.5, 0.6) is 0 Å². The number of halogens is 1. The number of carbonyl (C=O) groups is 1. The maximum absolute atomic E-state index is 13.7. The lowest BCUT2D eigenvalue weighted by atomic mass is 10.1. The summed E-state index contributed by atoms with van der Waals surface area (Å²) in [6.45, 7) is 1.92. The monoisotopic (exact) mass is 263 g/mol. The molecule has 1 amide bonds. The van der Waals surface area contributed by atoms with E-state index in [-0.39, 0.29) is 0 Å². The summed E-state index contributed by atoms with van der Waals surface area (Å²) in [6, 6.07) is 9.84. The van der Waals surface area contributed by atoms with Crippen molar-refractivity contribution in [2.24, 2.45) is 0 Å². The second-order valence-corrected chi connectivity index (χ2v) is 4.48. The highest BCUT2D eigenvalue weighted by molar-refractivity contribution is 5.91. The van der Waals surface area contributed by atoms with Crippen LogP contribution in [0.25, 0.3) is 0 Å². The van der Waals surface area contributed by atoms with Crippen LogP contribution in [0.2, 0.25) is 0 Å².